The fraction of sp³-hybridized carbons (Fsp3) is 0.154. The van der Waals surface area contributed by atoms with Crippen molar-refractivity contribution in [1.82, 2.24) is 0 Å². The molecule has 3 aromatic carbocycles. The monoisotopic (exact) mass is 462 g/mol. The molecule has 2 amide bonds. The number of amides is 2. The zero-order valence-electron chi connectivity index (χ0n) is 18.5. The number of aryl methyl sites for hydroxylation is 1. The third kappa shape index (κ3) is 4.43. The summed E-state index contributed by atoms with van der Waals surface area (Å²) in [6, 6.07) is 19.3. The van der Waals surface area contributed by atoms with Crippen LogP contribution in [0, 0.1) is 6.92 Å². The number of benzene rings is 3. The Balaban J connectivity index is 1.81. The van der Waals surface area contributed by atoms with Crippen LogP contribution in [0.15, 0.2) is 72.4 Å². The van der Waals surface area contributed by atoms with E-state index in [0.717, 1.165) is 10.5 Å². The molecule has 168 valence electrons. The van der Waals surface area contributed by atoms with Crippen LogP contribution in [0.3, 0.4) is 0 Å². The van der Waals surface area contributed by atoms with Gasteiger partial charge in [-0.15, -0.1) is 0 Å². The molecule has 0 saturated carbocycles. The lowest BCUT2D eigenvalue weighted by molar-refractivity contribution is -0.120. The Morgan fingerprint density at radius 3 is 2.36 bits per heavy atom. The molecule has 0 radical (unpaired) electrons. The first-order valence-corrected chi connectivity index (χ1v) is 10.8. The van der Waals surface area contributed by atoms with E-state index in [1.165, 1.54) is 7.11 Å². The summed E-state index contributed by atoms with van der Waals surface area (Å²) in [4.78, 5) is 28.3. The molecule has 0 aromatic heterocycles. The first-order valence-electron chi connectivity index (χ1n) is 10.5. The molecular weight excluding hydrogens is 440 g/mol. The average molecular weight is 463 g/mol. The van der Waals surface area contributed by atoms with E-state index >= 15 is 0 Å². The molecule has 0 aliphatic carbocycles. The molecule has 6 nitrogen and oxygen atoms in total. The maximum absolute atomic E-state index is 13.6. The number of nitrogens with one attached hydrogen (secondary N) is 1. The fourth-order valence-electron chi connectivity index (χ4n) is 3.68. The lowest BCUT2D eigenvalue weighted by Crippen LogP contribution is -2.32. The first kappa shape index (κ1) is 22.4. The van der Waals surface area contributed by atoms with E-state index in [9.17, 15) is 9.59 Å². The van der Waals surface area contributed by atoms with Crippen molar-refractivity contribution in [2.45, 2.75) is 13.8 Å². The van der Waals surface area contributed by atoms with Crippen LogP contribution in [0.2, 0.25) is 5.02 Å². The molecule has 1 aliphatic heterocycles. The van der Waals surface area contributed by atoms with Crippen LogP contribution in [-0.4, -0.2) is 25.5 Å². The van der Waals surface area contributed by atoms with Gasteiger partial charge in [0.15, 0.2) is 0 Å². The Labute approximate surface area is 197 Å². The molecule has 3 aromatic rings. The van der Waals surface area contributed by atoms with Crippen LogP contribution >= 0.6 is 11.6 Å². The second-order valence-corrected chi connectivity index (χ2v) is 7.88. The molecule has 1 aliphatic rings. The number of nitrogens with zero attached hydrogens (tertiary/aromatic N) is 1. The van der Waals surface area contributed by atoms with Gasteiger partial charge in [-0.05, 0) is 67.4 Å². The maximum atomic E-state index is 13.6. The van der Waals surface area contributed by atoms with Crippen molar-refractivity contribution in [1.29, 1.82) is 0 Å². The third-order valence-electron chi connectivity index (χ3n) is 5.30. The molecule has 0 atom stereocenters. The molecule has 1 N–H and O–H groups in total. The molecular formula is C26H23ClN2O4. The highest BCUT2D eigenvalue weighted by molar-refractivity contribution is 6.46. The van der Waals surface area contributed by atoms with Gasteiger partial charge in [-0.25, -0.2) is 4.90 Å². The summed E-state index contributed by atoms with van der Waals surface area (Å²) in [6.45, 7) is 4.32. The van der Waals surface area contributed by atoms with Gasteiger partial charge >= 0.3 is 0 Å². The zero-order chi connectivity index (χ0) is 23.5. The highest BCUT2D eigenvalue weighted by Crippen LogP contribution is 2.36. The van der Waals surface area contributed by atoms with Crippen LogP contribution in [0.5, 0.6) is 11.5 Å². The molecule has 7 heteroatoms. The first-order chi connectivity index (χ1) is 15.9. The molecule has 4 rings (SSSR count). The standard InChI is InChI=1S/C26H23ClN2O4/c1-4-33-20-11-8-17(9-12-20)23-24(28-22-13-10-18(27)14-16(22)2)26(31)29(25(23)30)19-6-5-7-21(15-19)32-3/h5-15,28H,4H2,1-3H3. The third-order valence-corrected chi connectivity index (χ3v) is 5.53. The number of rotatable bonds is 7. The number of anilines is 2. The number of carbonyl (C=O) groups is 2. The van der Waals surface area contributed by atoms with Gasteiger partial charge < -0.3 is 14.8 Å². The fourth-order valence-corrected chi connectivity index (χ4v) is 3.91. The Kier molecular flexibility index (Phi) is 6.38. The van der Waals surface area contributed by atoms with E-state index in [2.05, 4.69) is 5.32 Å². The van der Waals surface area contributed by atoms with Gasteiger partial charge in [0.2, 0.25) is 0 Å². The van der Waals surface area contributed by atoms with E-state index in [1.807, 2.05) is 13.8 Å². The average Bonchev–Trinajstić information content (AvgIpc) is 3.05. The number of carbonyl (C=O) groups excluding carboxylic acids is 2. The van der Waals surface area contributed by atoms with Gasteiger partial charge in [-0.2, -0.15) is 0 Å². The number of halogens is 1. The van der Waals surface area contributed by atoms with Crippen LogP contribution < -0.4 is 19.7 Å². The van der Waals surface area contributed by atoms with Crippen LogP contribution in [0.1, 0.15) is 18.1 Å². The number of hydrogen-bond donors (Lipinski definition) is 1. The molecule has 33 heavy (non-hydrogen) atoms. The minimum Gasteiger partial charge on any atom is -0.497 e. The second kappa shape index (κ2) is 9.38. The van der Waals surface area contributed by atoms with Crippen LogP contribution in [-0.2, 0) is 9.59 Å². The van der Waals surface area contributed by atoms with Crippen molar-refractivity contribution < 1.29 is 19.1 Å². The Morgan fingerprint density at radius 1 is 0.939 bits per heavy atom. The zero-order valence-corrected chi connectivity index (χ0v) is 19.3. The highest BCUT2D eigenvalue weighted by atomic mass is 35.5. The van der Waals surface area contributed by atoms with Crippen molar-refractivity contribution in [2.75, 3.05) is 23.9 Å². The summed E-state index contributed by atoms with van der Waals surface area (Å²) in [7, 11) is 1.53. The minimum atomic E-state index is -0.452. The predicted octanol–water partition coefficient (Wildman–Crippen LogP) is 5.45. The lowest BCUT2D eigenvalue weighted by Gasteiger charge is -2.16. The lowest BCUT2D eigenvalue weighted by atomic mass is 10.0. The molecule has 0 saturated heterocycles. The molecule has 0 unspecified atom stereocenters. The topological polar surface area (TPSA) is 67.9 Å². The van der Waals surface area contributed by atoms with Gasteiger partial charge in [-0.1, -0.05) is 29.8 Å². The number of methoxy groups -OCH3 is 1. The van der Waals surface area contributed by atoms with Gasteiger partial charge in [0.05, 0.1) is 25.0 Å². The largest absolute Gasteiger partial charge is 0.497 e. The smallest absolute Gasteiger partial charge is 0.282 e. The summed E-state index contributed by atoms with van der Waals surface area (Å²) < 4.78 is 10.8. The second-order valence-electron chi connectivity index (χ2n) is 7.44. The van der Waals surface area contributed by atoms with Gasteiger partial charge in [-0.3, -0.25) is 9.59 Å². The van der Waals surface area contributed by atoms with E-state index in [-0.39, 0.29) is 11.3 Å². The van der Waals surface area contributed by atoms with E-state index in [0.29, 0.717) is 40.1 Å². The summed E-state index contributed by atoms with van der Waals surface area (Å²) in [6.07, 6.45) is 0. The van der Waals surface area contributed by atoms with Crippen molar-refractivity contribution >= 4 is 40.4 Å². The molecule has 0 spiro atoms. The minimum absolute atomic E-state index is 0.192. The molecule has 0 bridgehead atoms. The normalized spacial score (nSPS) is 13.5. The number of ether oxygens (including phenoxy) is 2. The summed E-state index contributed by atoms with van der Waals surface area (Å²) >= 11 is 6.09. The molecule has 0 fully saturated rings. The SMILES string of the molecule is CCOc1ccc(C2=C(Nc3ccc(Cl)cc3C)C(=O)N(c3cccc(OC)c3)C2=O)cc1. The summed E-state index contributed by atoms with van der Waals surface area (Å²) in [5.41, 5.74) is 3.04. The Bertz CT molecular complexity index is 1250. The Hall–Kier alpha value is -3.77. The van der Waals surface area contributed by atoms with Gasteiger partial charge in [0.1, 0.15) is 17.2 Å². The van der Waals surface area contributed by atoms with Crippen molar-refractivity contribution in [3.8, 4) is 11.5 Å². The maximum Gasteiger partial charge on any atom is 0.282 e. The van der Waals surface area contributed by atoms with E-state index < -0.39 is 11.8 Å². The van der Waals surface area contributed by atoms with Gasteiger partial charge in [0, 0.05) is 16.8 Å². The van der Waals surface area contributed by atoms with E-state index in [1.54, 1.807) is 66.7 Å². The van der Waals surface area contributed by atoms with Crippen molar-refractivity contribution in [3.05, 3.63) is 88.6 Å². The predicted molar refractivity (Wildman–Crippen MR) is 130 cm³/mol. The van der Waals surface area contributed by atoms with Crippen molar-refractivity contribution in [2.24, 2.45) is 0 Å². The summed E-state index contributed by atoms with van der Waals surface area (Å²) in [5, 5.41) is 3.77. The van der Waals surface area contributed by atoms with E-state index in [4.69, 9.17) is 21.1 Å². The Morgan fingerprint density at radius 2 is 1.70 bits per heavy atom. The molecule has 1 heterocycles. The summed E-state index contributed by atoms with van der Waals surface area (Å²) in [5.74, 6) is 0.356. The van der Waals surface area contributed by atoms with Crippen molar-refractivity contribution in [3.63, 3.8) is 0 Å². The van der Waals surface area contributed by atoms with Crippen LogP contribution in [0.4, 0.5) is 11.4 Å². The number of imide groups is 1. The highest BCUT2D eigenvalue weighted by Gasteiger charge is 2.40. The van der Waals surface area contributed by atoms with Gasteiger partial charge in [0.25, 0.3) is 11.8 Å². The van der Waals surface area contributed by atoms with Crippen LogP contribution in [0.25, 0.3) is 5.57 Å². The quantitative estimate of drug-likeness (QED) is 0.473. The number of hydrogen-bond acceptors (Lipinski definition) is 5.